The summed E-state index contributed by atoms with van der Waals surface area (Å²) >= 11 is 0. The lowest BCUT2D eigenvalue weighted by atomic mass is 9.88. The number of carboxylic acid groups (broad SMARTS) is 1. The summed E-state index contributed by atoms with van der Waals surface area (Å²) in [6.07, 6.45) is 8.79. The molecule has 0 radical (unpaired) electrons. The second-order valence-corrected chi connectivity index (χ2v) is 12.1. The SMILES string of the molecule is CC(C)(C)OC(=O)c1cccc2c1=CCc1c3c(ccc1=2)=CCCC3.CN1Cc2ccccc2NC(CC(=O)O)C1=O. The number of carbonyl (C=O) groups is 3. The second-order valence-electron chi connectivity index (χ2n) is 12.1. The molecule has 7 nitrogen and oxygen atoms in total. The molecule has 2 aliphatic carbocycles. The first-order valence-electron chi connectivity index (χ1n) is 14.5. The van der Waals surface area contributed by atoms with Crippen LogP contribution in [0.5, 0.6) is 0 Å². The number of nitrogens with one attached hydrogen (secondary N) is 1. The van der Waals surface area contributed by atoms with Gasteiger partial charge in [-0.25, -0.2) is 4.79 Å². The molecule has 0 saturated carbocycles. The van der Waals surface area contributed by atoms with Gasteiger partial charge < -0.3 is 20.1 Å². The van der Waals surface area contributed by atoms with E-state index in [1.807, 2.05) is 57.2 Å². The van der Waals surface area contributed by atoms with Gasteiger partial charge in [-0.15, -0.1) is 0 Å². The highest BCUT2D eigenvalue weighted by Crippen LogP contribution is 2.23. The molecule has 1 heterocycles. The van der Waals surface area contributed by atoms with Crippen LogP contribution in [0.3, 0.4) is 0 Å². The molecular formula is C35H38N2O5. The van der Waals surface area contributed by atoms with Crippen molar-refractivity contribution < 1.29 is 24.2 Å². The summed E-state index contributed by atoms with van der Waals surface area (Å²) in [5.74, 6) is -1.41. The number of hydrogen-bond acceptors (Lipinski definition) is 5. The monoisotopic (exact) mass is 566 g/mol. The molecule has 0 spiro atoms. The molecule has 6 rings (SSSR count). The normalized spacial score (nSPS) is 16.8. The fourth-order valence-corrected chi connectivity index (χ4v) is 5.92. The summed E-state index contributed by atoms with van der Waals surface area (Å²) in [7, 11) is 1.68. The number of amides is 1. The van der Waals surface area contributed by atoms with Gasteiger partial charge in [0.2, 0.25) is 5.91 Å². The number of rotatable bonds is 3. The number of para-hydroxylation sites is 1. The van der Waals surface area contributed by atoms with E-state index in [2.05, 4.69) is 35.7 Å². The molecule has 3 aliphatic rings. The number of hydrogen-bond donors (Lipinski definition) is 2. The Morgan fingerprint density at radius 2 is 1.79 bits per heavy atom. The minimum atomic E-state index is -0.983. The molecule has 1 atom stereocenters. The van der Waals surface area contributed by atoms with Crippen molar-refractivity contribution in [3.05, 3.63) is 97.7 Å². The summed E-state index contributed by atoms with van der Waals surface area (Å²) in [5, 5.41) is 16.6. The van der Waals surface area contributed by atoms with Crippen molar-refractivity contribution in [3.63, 3.8) is 0 Å². The van der Waals surface area contributed by atoms with E-state index >= 15 is 0 Å². The molecule has 42 heavy (non-hydrogen) atoms. The quantitative estimate of drug-likeness (QED) is 0.459. The highest BCUT2D eigenvalue weighted by atomic mass is 16.6. The Balaban J connectivity index is 0.000000181. The van der Waals surface area contributed by atoms with Crippen molar-refractivity contribution in [2.75, 3.05) is 12.4 Å². The van der Waals surface area contributed by atoms with Crippen LogP contribution in [0, 0.1) is 10.4 Å². The van der Waals surface area contributed by atoms with Crippen LogP contribution in [0.25, 0.3) is 12.2 Å². The molecule has 1 aliphatic heterocycles. The molecule has 0 saturated heterocycles. The van der Waals surface area contributed by atoms with E-state index in [0.717, 1.165) is 34.5 Å². The zero-order valence-electron chi connectivity index (χ0n) is 24.7. The van der Waals surface area contributed by atoms with E-state index in [4.69, 9.17) is 9.84 Å². The van der Waals surface area contributed by atoms with Crippen molar-refractivity contribution in [3.8, 4) is 0 Å². The Morgan fingerprint density at radius 3 is 2.55 bits per heavy atom. The number of aliphatic carboxylic acids is 1. The van der Waals surface area contributed by atoms with Crippen LogP contribution in [-0.2, 0) is 33.7 Å². The van der Waals surface area contributed by atoms with Crippen molar-refractivity contribution in [2.45, 2.75) is 71.1 Å². The van der Waals surface area contributed by atoms with Gasteiger partial charge in [-0.2, -0.15) is 0 Å². The van der Waals surface area contributed by atoms with E-state index in [1.54, 1.807) is 11.9 Å². The second kappa shape index (κ2) is 11.8. The van der Waals surface area contributed by atoms with Gasteiger partial charge >= 0.3 is 11.9 Å². The van der Waals surface area contributed by atoms with Crippen LogP contribution in [0.4, 0.5) is 5.69 Å². The molecule has 0 aromatic heterocycles. The predicted molar refractivity (Wildman–Crippen MR) is 163 cm³/mol. The van der Waals surface area contributed by atoms with Gasteiger partial charge in [-0.3, -0.25) is 9.59 Å². The van der Waals surface area contributed by atoms with Gasteiger partial charge in [0, 0.05) is 19.3 Å². The lowest BCUT2D eigenvalue weighted by Gasteiger charge is -2.20. The van der Waals surface area contributed by atoms with Crippen LogP contribution in [0.15, 0.2) is 54.6 Å². The molecule has 218 valence electrons. The number of ether oxygens (including phenoxy) is 1. The zero-order chi connectivity index (χ0) is 30.0. The Kier molecular flexibility index (Phi) is 8.21. The Hall–Kier alpha value is -4.39. The molecule has 0 fully saturated rings. The third kappa shape index (κ3) is 6.25. The molecule has 1 amide bonds. The van der Waals surface area contributed by atoms with Gasteiger partial charge in [0.1, 0.15) is 11.6 Å². The Labute approximate surface area is 245 Å². The first-order valence-corrected chi connectivity index (χ1v) is 14.5. The number of anilines is 1. The number of esters is 1. The third-order valence-electron chi connectivity index (χ3n) is 7.80. The molecule has 2 N–H and O–H groups in total. The number of fused-ring (bicyclic) bond motifs is 5. The number of carbonyl (C=O) groups excluding carboxylic acids is 2. The molecule has 0 bridgehead atoms. The highest BCUT2D eigenvalue weighted by Gasteiger charge is 2.28. The lowest BCUT2D eigenvalue weighted by Crippen LogP contribution is -2.39. The van der Waals surface area contributed by atoms with Crippen molar-refractivity contribution in [1.82, 2.24) is 4.90 Å². The zero-order valence-corrected chi connectivity index (χ0v) is 24.7. The van der Waals surface area contributed by atoms with Gasteiger partial charge in [0.05, 0.1) is 12.0 Å². The smallest absolute Gasteiger partial charge is 0.339 e. The van der Waals surface area contributed by atoms with Gasteiger partial charge in [-0.05, 0) is 96.2 Å². The fourth-order valence-electron chi connectivity index (χ4n) is 5.92. The highest BCUT2D eigenvalue weighted by molar-refractivity contribution is 5.91. The van der Waals surface area contributed by atoms with Crippen LogP contribution in [0.2, 0.25) is 0 Å². The summed E-state index contributed by atoms with van der Waals surface area (Å²) in [4.78, 5) is 36.9. The summed E-state index contributed by atoms with van der Waals surface area (Å²) in [6.45, 7) is 6.21. The molecular weight excluding hydrogens is 528 g/mol. The largest absolute Gasteiger partial charge is 0.481 e. The van der Waals surface area contributed by atoms with Gasteiger partial charge in [-0.1, -0.05) is 54.6 Å². The van der Waals surface area contributed by atoms with Crippen LogP contribution in [0.1, 0.15) is 67.1 Å². The van der Waals surface area contributed by atoms with E-state index < -0.39 is 17.6 Å². The van der Waals surface area contributed by atoms with E-state index in [0.29, 0.717) is 12.1 Å². The average Bonchev–Trinajstić information content (AvgIpc) is 3.07. The van der Waals surface area contributed by atoms with Crippen molar-refractivity contribution >= 4 is 35.7 Å². The minimum absolute atomic E-state index is 0.191. The number of likely N-dealkylation sites (N-methyl/N-ethyl adjacent to an activating group) is 1. The standard InChI is InChI=1S/C23H24O2.C12H14N2O3/c1-23(2,3)25-22(24)21-10-6-9-17-19-12-11-15-7-4-5-8-16(15)18(19)13-14-20(17)21;1-14-7-8-4-2-3-5-9(8)13-10(12(14)17)6-11(15)16/h6-7,9-12,14H,4-5,8,13H2,1-3H3;2-5,10,13H,6-7H2,1H3,(H,15,16). The number of carboxylic acids is 1. The summed E-state index contributed by atoms with van der Waals surface area (Å²) in [6, 6.07) is 17.3. The van der Waals surface area contributed by atoms with E-state index in [9.17, 15) is 14.4 Å². The number of nitrogens with zero attached hydrogens (tertiary/aromatic N) is 1. The van der Waals surface area contributed by atoms with Gasteiger partial charge in [0.25, 0.3) is 0 Å². The maximum Gasteiger partial charge on any atom is 0.339 e. The minimum Gasteiger partial charge on any atom is -0.481 e. The van der Waals surface area contributed by atoms with Crippen molar-refractivity contribution in [2.24, 2.45) is 0 Å². The topological polar surface area (TPSA) is 95.9 Å². The van der Waals surface area contributed by atoms with Crippen LogP contribution >= 0.6 is 0 Å². The molecule has 3 aromatic carbocycles. The lowest BCUT2D eigenvalue weighted by molar-refractivity contribution is -0.141. The maximum atomic E-state index is 12.6. The number of benzene rings is 3. The van der Waals surface area contributed by atoms with E-state index in [1.165, 1.54) is 34.4 Å². The maximum absolute atomic E-state index is 12.6. The Morgan fingerprint density at radius 1 is 1.00 bits per heavy atom. The summed E-state index contributed by atoms with van der Waals surface area (Å²) < 4.78 is 5.60. The van der Waals surface area contributed by atoms with E-state index in [-0.39, 0.29) is 18.3 Å². The van der Waals surface area contributed by atoms with Crippen LogP contribution in [-0.4, -0.2) is 46.5 Å². The molecule has 7 heteroatoms. The third-order valence-corrected chi connectivity index (χ3v) is 7.80. The molecule has 1 unspecified atom stereocenters. The van der Waals surface area contributed by atoms with Gasteiger partial charge in [0.15, 0.2) is 0 Å². The average molecular weight is 567 g/mol. The summed E-state index contributed by atoms with van der Waals surface area (Å²) in [5.41, 5.74) is 4.94. The van der Waals surface area contributed by atoms with Crippen molar-refractivity contribution in [1.29, 1.82) is 0 Å². The van der Waals surface area contributed by atoms with Crippen LogP contribution < -0.4 is 15.8 Å². The predicted octanol–water partition coefficient (Wildman–Crippen LogP) is 4.30. The molecule has 3 aromatic rings. The fraction of sp³-hybridized carbons (Fsp3) is 0.343. The Bertz CT molecular complexity index is 1770. The first-order chi connectivity index (χ1) is 20.0. The first kappa shape index (κ1) is 29.1.